The van der Waals surface area contributed by atoms with E-state index in [1.165, 1.54) is 0 Å². The van der Waals surface area contributed by atoms with Crippen molar-refractivity contribution in [3.63, 3.8) is 0 Å². The Morgan fingerprint density at radius 3 is 2.35 bits per heavy atom. The van der Waals surface area contributed by atoms with Crippen LogP contribution in [-0.2, 0) is 9.47 Å². The molecular weight excluding hydrogens is 288 g/mol. The minimum atomic E-state index is -1.27. The molecule has 20 heavy (non-hydrogen) atoms. The van der Waals surface area contributed by atoms with Crippen molar-refractivity contribution in [1.82, 2.24) is 0 Å². The molecule has 112 valence electrons. The molecule has 1 heterocycles. The van der Waals surface area contributed by atoms with Gasteiger partial charge in [0, 0.05) is 10.6 Å². The summed E-state index contributed by atoms with van der Waals surface area (Å²) in [6, 6.07) is 6.67. The minimum absolute atomic E-state index is 0.427. The molecule has 6 nitrogen and oxygen atoms in total. The lowest BCUT2D eigenvalue weighted by molar-refractivity contribution is -0.310. The Morgan fingerprint density at radius 1 is 1.15 bits per heavy atom. The highest BCUT2D eigenvalue weighted by atomic mass is 35.5. The molecule has 0 radical (unpaired) electrons. The van der Waals surface area contributed by atoms with Crippen LogP contribution in [-0.4, -0.2) is 58.1 Å². The van der Waals surface area contributed by atoms with Crippen molar-refractivity contribution in [1.29, 1.82) is 0 Å². The monoisotopic (exact) mass is 304 g/mol. The summed E-state index contributed by atoms with van der Waals surface area (Å²) < 4.78 is 10.9. The first-order valence-corrected chi connectivity index (χ1v) is 6.59. The molecule has 1 aliphatic heterocycles. The highest BCUT2D eigenvalue weighted by molar-refractivity contribution is 6.30. The van der Waals surface area contributed by atoms with E-state index in [0.717, 1.165) is 0 Å². The van der Waals surface area contributed by atoms with E-state index < -0.39 is 43.9 Å². The summed E-state index contributed by atoms with van der Waals surface area (Å²) in [4.78, 5) is 0. The molecule has 1 saturated heterocycles. The largest absolute Gasteiger partial charge is 0.394 e. The van der Waals surface area contributed by atoms with Gasteiger partial charge in [-0.25, -0.2) is 0 Å². The van der Waals surface area contributed by atoms with Gasteiger partial charge in [0.1, 0.15) is 24.4 Å². The van der Waals surface area contributed by atoms with Crippen LogP contribution in [0.5, 0.6) is 0 Å². The maximum absolute atomic E-state index is 9.94. The Bertz CT molecular complexity index is 425. The average Bonchev–Trinajstić information content (AvgIpc) is 2.47. The fourth-order valence-electron chi connectivity index (χ4n) is 2.06. The summed E-state index contributed by atoms with van der Waals surface area (Å²) in [5, 5.41) is 38.4. The minimum Gasteiger partial charge on any atom is -0.394 e. The van der Waals surface area contributed by atoms with E-state index in [-0.39, 0.29) is 0 Å². The highest BCUT2D eigenvalue weighted by Gasteiger charge is 2.42. The highest BCUT2D eigenvalue weighted by Crippen LogP contribution is 2.31. The predicted molar refractivity (Wildman–Crippen MR) is 70.1 cm³/mol. The van der Waals surface area contributed by atoms with Crippen LogP contribution >= 0.6 is 11.6 Å². The van der Waals surface area contributed by atoms with Crippen LogP contribution in [0.1, 0.15) is 11.9 Å². The topological polar surface area (TPSA) is 99.4 Å². The number of hydrogen-bond acceptors (Lipinski definition) is 6. The summed E-state index contributed by atoms with van der Waals surface area (Å²) in [5.41, 5.74) is 0.634. The maximum Gasteiger partial charge on any atom is 0.184 e. The second-order valence-corrected chi connectivity index (χ2v) is 5.02. The van der Waals surface area contributed by atoms with E-state index in [4.69, 9.17) is 26.2 Å². The molecule has 0 bridgehead atoms. The van der Waals surface area contributed by atoms with Crippen LogP contribution in [0.25, 0.3) is 0 Å². The Labute approximate surface area is 121 Å². The van der Waals surface area contributed by atoms with Crippen molar-refractivity contribution >= 4 is 11.6 Å². The Balaban J connectivity index is 2.19. The molecule has 0 spiro atoms. The number of aliphatic hydroxyl groups is 4. The Kier molecular flexibility index (Phi) is 5.34. The van der Waals surface area contributed by atoms with E-state index in [1.807, 2.05) is 0 Å². The van der Waals surface area contributed by atoms with Crippen LogP contribution in [0, 0.1) is 0 Å². The lowest BCUT2D eigenvalue weighted by Crippen LogP contribution is -2.54. The SMILES string of the molecule is OC[C@@H](O)[C@@H]1OC(c2ccc(Cl)cc2)O[C@@H](CO)[C@@H]1O. The van der Waals surface area contributed by atoms with Crippen molar-refractivity contribution in [2.45, 2.75) is 30.7 Å². The molecule has 0 saturated carbocycles. The second kappa shape index (κ2) is 6.82. The first-order valence-electron chi connectivity index (χ1n) is 6.21. The zero-order valence-corrected chi connectivity index (χ0v) is 11.3. The molecule has 0 aromatic heterocycles. The van der Waals surface area contributed by atoms with Crippen molar-refractivity contribution in [3.8, 4) is 0 Å². The molecule has 1 aliphatic rings. The van der Waals surface area contributed by atoms with Gasteiger partial charge in [-0.05, 0) is 12.1 Å². The average molecular weight is 305 g/mol. The third kappa shape index (κ3) is 3.29. The summed E-state index contributed by atoms with van der Waals surface area (Å²) in [5.74, 6) is 0. The Morgan fingerprint density at radius 2 is 1.80 bits per heavy atom. The van der Waals surface area contributed by atoms with Crippen molar-refractivity contribution in [2.75, 3.05) is 13.2 Å². The normalized spacial score (nSPS) is 32.0. The summed E-state index contributed by atoms with van der Waals surface area (Å²) in [6.45, 7) is -0.990. The van der Waals surface area contributed by atoms with Gasteiger partial charge in [-0.2, -0.15) is 0 Å². The lowest BCUT2D eigenvalue weighted by atomic mass is 10.0. The molecule has 2 rings (SSSR count). The maximum atomic E-state index is 9.94. The van der Waals surface area contributed by atoms with E-state index in [0.29, 0.717) is 10.6 Å². The third-order valence-electron chi connectivity index (χ3n) is 3.19. The number of hydrogen-bond donors (Lipinski definition) is 4. The molecule has 1 aromatic carbocycles. The smallest absolute Gasteiger partial charge is 0.184 e. The Hall–Kier alpha value is -0.730. The fourth-order valence-corrected chi connectivity index (χ4v) is 2.18. The molecule has 0 aliphatic carbocycles. The number of benzene rings is 1. The van der Waals surface area contributed by atoms with Gasteiger partial charge in [0.25, 0.3) is 0 Å². The first-order chi connectivity index (χ1) is 9.56. The second-order valence-electron chi connectivity index (χ2n) is 4.58. The van der Waals surface area contributed by atoms with E-state index in [9.17, 15) is 15.3 Å². The molecule has 0 amide bonds. The molecule has 1 aromatic rings. The summed E-state index contributed by atoms with van der Waals surface area (Å²) in [7, 11) is 0. The van der Waals surface area contributed by atoms with Gasteiger partial charge >= 0.3 is 0 Å². The number of aliphatic hydroxyl groups excluding tert-OH is 4. The lowest BCUT2D eigenvalue weighted by Gasteiger charge is -2.40. The number of rotatable bonds is 4. The quantitative estimate of drug-likeness (QED) is 0.616. The third-order valence-corrected chi connectivity index (χ3v) is 3.44. The van der Waals surface area contributed by atoms with Crippen molar-refractivity contribution in [3.05, 3.63) is 34.9 Å². The van der Waals surface area contributed by atoms with Gasteiger partial charge in [0.05, 0.1) is 13.2 Å². The van der Waals surface area contributed by atoms with Gasteiger partial charge in [-0.3, -0.25) is 0 Å². The number of ether oxygens (including phenoxy) is 2. The first kappa shape index (κ1) is 15.7. The van der Waals surface area contributed by atoms with Gasteiger partial charge < -0.3 is 29.9 Å². The molecule has 7 heteroatoms. The van der Waals surface area contributed by atoms with E-state index in [1.54, 1.807) is 24.3 Å². The van der Waals surface area contributed by atoms with Crippen LogP contribution in [0.4, 0.5) is 0 Å². The summed E-state index contributed by atoms with van der Waals surface area (Å²) in [6.07, 6.45) is -5.32. The van der Waals surface area contributed by atoms with Gasteiger partial charge in [0.15, 0.2) is 6.29 Å². The van der Waals surface area contributed by atoms with Gasteiger partial charge in [-0.15, -0.1) is 0 Å². The predicted octanol–water partition coefficient (Wildman–Crippen LogP) is -0.171. The number of halogens is 1. The van der Waals surface area contributed by atoms with Crippen LogP contribution in [0.15, 0.2) is 24.3 Å². The van der Waals surface area contributed by atoms with Crippen molar-refractivity contribution < 1.29 is 29.9 Å². The molecule has 1 fully saturated rings. The molecule has 1 unspecified atom stereocenters. The van der Waals surface area contributed by atoms with E-state index in [2.05, 4.69) is 0 Å². The van der Waals surface area contributed by atoms with Gasteiger partial charge in [0.2, 0.25) is 0 Å². The standard InChI is InChI=1S/C13H17ClO6/c14-8-3-1-7(2-4-8)13-19-10(6-16)11(18)12(20-13)9(17)5-15/h1-4,9-13,15-18H,5-6H2/t9-,10+,11+,12+,13?/m1/s1. The molecule has 5 atom stereocenters. The van der Waals surface area contributed by atoms with Crippen LogP contribution < -0.4 is 0 Å². The molecule has 4 N–H and O–H groups in total. The van der Waals surface area contributed by atoms with Gasteiger partial charge in [-0.1, -0.05) is 23.7 Å². The molecular formula is C13H17ClO6. The fraction of sp³-hybridized carbons (Fsp3) is 0.538. The zero-order chi connectivity index (χ0) is 14.7. The zero-order valence-electron chi connectivity index (χ0n) is 10.6. The summed E-state index contributed by atoms with van der Waals surface area (Å²) >= 11 is 5.80. The van der Waals surface area contributed by atoms with Crippen LogP contribution in [0.2, 0.25) is 5.02 Å². The van der Waals surface area contributed by atoms with E-state index >= 15 is 0 Å². The van der Waals surface area contributed by atoms with Crippen molar-refractivity contribution in [2.24, 2.45) is 0 Å². The van der Waals surface area contributed by atoms with Crippen LogP contribution in [0.3, 0.4) is 0 Å².